The van der Waals surface area contributed by atoms with Crippen LogP contribution >= 0.6 is 0 Å². The lowest BCUT2D eigenvalue weighted by atomic mass is 10.2. The molecule has 0 spiro atoms. The third-order valence-electron chi connectivity index (χ3n) is 4.30. The molecule has 1 N–H and O–H groups in total. The van der Waals surface area contributed by atoms with Crippen molar-refractivity contribution < 1.29 is 16.8 Å². The number of nitrogens with one attached hydrogen (secondary N) is 1. The van der Waals surface area contributed by atoms with Gasteiger partial charge in [-0.1, -0.05) is 32.4 Å². The first-order valence-corrected chi connectivity index (χ1v) is 11.4. The van der Waals surface area contributed by atoms with Crippen molar-refractivity contribution in [3.63, 3.8) is 0 Å². The minimum Gasteiger partial charge on any atom is -0.312 e. The first kappa shape index (κ1) is 18.4. The molecule has 2 rings (SSSR count). The van der Waals surface area contributed by atoms with Crippen molar-refractivity contribution in [2.24, 2.45) is 0 Å². The van der Waals surface area contributed by atoms with Crippen molar-refractivity contribution in [3.8, 4) is 0 Å². The lowest BCUT2D eigenvalue weighted by molar-refractivity contribution is 0.518. The zero-order chi connectivity index (χ0) is 17.1. The van der Waals surface area contributed by atoms with Crippen LogP contribution in [0, 0.1) is 0 Å². The molecular formula is C16H25NO4S2. The summed E-state index contributed by atoms with van der Waals surface area (Å²) < 4.78 is 49.6. The van der Waals surface area contributed by atoms with Gasteiger partial charge in [0.2, 0.25) is 0 Å². The number of benzene rings is 1. The standard InChI is InChI=1S/C16H25NO4S2/c1-3-5-10-17-15-11-22(18,19)12-16(15)23(20,21)14-8-6-13(4-2)7-9-14/h6-9,15-17H,3-5,10-12H2,1-2H3/t15-,16-/m0/s1. The van der Waals surface area contributed by atoms with Gasteiger partial charge in [-0.05, 0) is 37.1 Å². The van der Waals surface area contributed by atoms with E-state index in [-0.39, 0.29) is 16.4 Å². The molecule has 130 valence electrons. The van der Waals surface area contributed by atoms with Crippen LogP contribution in [0.5, 0.6) is 0 Å². The Kier molecular flexibility index (Phi) is 5.86. The highest BCUT2D eigenvalue weighted by Crippen LogP contribution is 2.26. The normalized spacial score (nSPS) is 23.9. The van der Waals surface area contributed by atoms with E-state index in [9.17, 15) is 16.8 Å². The van der Waals surface area contributed by atoms with Crippen molar-refractivity contribution in [2.45, 2.75) is 49.3 Å². The molecule has 1 heterocycles. The van der Waals surface area contributed by atoms with Gasteiger partial charge in [-0.25, -0.2) is 16.8 Å². The third kappa shape index (κ3) is 4.33. The fraction of sp³-hybridized carbons (Fsp3) is 0.625. The summed E-state index contributed by atoms with van der Waals surface area (Å²) >= 11 is 0. The predicted molar refractivity (Wildman–Crippen MR) is 92.1 cm³/mol. The summed E-state index contributed by atoms with van der Waals surface area (Å²) in [7, 11) is -6.99. The summed E-state index contributed by atoms with van der Waals surface area (Å²) in [6.45, 7) is 4.68. The molecule has 1 fully saturated rings. The topological polar surface area (TPSA) is 80.3 Å². The summed E-state index contributed by atoms with van der Waals surface area (Å²) in [5.41, 5.74) is 1.06. The maximum atomic E-state index is 12.9. The average molecular weight is 360 g/mol. The summed E-state index contributed by atoms with van der Waals surface area (Å²) in [5.74, 6) is -0.400. The highest BCUT2D eigenvalue weighted by molar-refractivity contribution is 7.96. The van der Waals surface area contributed by atoms with Crippen LogP contribution in [0.4, 0.5) is 0 Å². The Morgan fingerprint density at radius 1 is 1.13 bits per heavy atom. The summed E-state index contributed by atoms with van der Waals surface area (Å²) in [6.07, 6.45) is 2.70. The molecule has 0 bridgehead atoms. The van der Waals surface area contributed by atoms with Gasteiger partial charge in [0.05, 0.1) is 21.7 Å². The van der Waals surface area contributed by atoms with Crippen LogP contribution in [0.3, 0.4) is 0 Å². The van der Waals surface area contributed by atoms with E-state index in [1.807, 2.05) is 13.8 Å². The van der Waals surface area contributed by atoms with Crippen LogP contribution < -0.4 is 5.32 Å². The van der Waals surface area contributed by atoms with Crippen molar-refractivity contribution in [3.05, 3.63) is 29.8 Å². The fourth-order valence-electron chi connectivity index (χ4n) is 2.87. The Hall–Kier alpha value is -0.920. The van der Waals surface area contributed by atoms with E-state index in [0.29, 0.717) is 6.54 Å². The van der Waals surface area contributed by atoms with Gasteiger partial charge in [-0.3, -0.25) is 0 Å². The Morgan fingerprint density at radius 2 is 1.78 bits per heavy atom. The lowest BCUT2D eigenvalue weighted by Gasteiger charge is -2.20. The molecule has 1 aromatic carbocycles. The maximum absolute atomic E-state index is 12.9. The third-order valence-corrected chi connectivity index (χ3v) is 8.46. The molecule has 2 atom stereocenters. The van der Waals surface area contributed by atoms with E-state index in [2.05, 4.69) is 5.32 Å². The molecule has 7 heteroatoms. The molecule has 5 nitrogen and oxygen atoms in total. The molecule has 1 aliphatic rings. The van der Waals surface area contributed by atoms with E-state index in [0.717, 1.165) is 24.8 Å². The first-order valence-electron chi connectivity index (χ1n) is 8.07. The van der Waals surface area contributed by atoms with Crippen LogP contribution in [0.1, 0.15) is 32.3 Å². The van der Waals surface area contributed by atoms with E-state index >= 15 is 0 Å². The van der Waals surface area contributed by atoms with E-state index in [1.165, 1.54) is 0 Å². The second kappa shape index (κ2) is 7.32. The van der Waals surface area contributed by atoms with Gasteiger partial charge in [-0.15, -0.1) is 0 Å². The quantitative estimate of drug-likeness (QED) is 0.748. The number of sulfone groups is 2. The number of rotatable bonds is 7. The lowest BCUT2D eigenvalue weighted by Crippen LogP contribution is -2.43. The first-order chi connectivity index (χ1) is 10.8. The van der Waals surface area contributed by atoms with Gasteiger partial charge >= 0.3 is 0 Å². The molecule has 0 saturated carbocycles. The van der Waals surface area contributed by atoms with Crippen molar-refractivity contribution in [1.82, 2.24) is 5.32 Å². The van der Waals surface area contributed by atoms with E-state index in [1.54, 1.807) is 24.3 Å². The number of hydrogen-bond donors (Lipinski definition) is 1. The minimum absolute atomic E-state index is 0.104. The molecule has 0 unspecified atom stereocenters. The monoisotopic (exact) mass is 359 g/mol. The van der Waals surface area contributed by atoms with Crippen LogP contribution in [-0.4, -0.2) is 46.2 Å². The second-order valence-corrected chi connectivity index (χ2v) is 10.4. The number of aryl methyl sites for hydroxylation is 1. The summed E-state index contributed by atoms with van der Waals surface area (Å²) in [4.78, 5) is 0.207. The van der Waals surface area contributed by atoms with Crippen molar-refractivity contribution >= 4 is 19.7 Å². The van der Waals surface area contributed by atoms with Gasteiger partial charge in [0, 0.05) is 6.04 Å². The van der Waals surface area contributed by atoms with Gasteiger partial charge in [0.25, 0.3) is 0 Å². The van der Waals surface area contributed by atoms with Gasteiger partial charge in [-0.2, -0.15) is 0 Å². The van der Waals surface area contributed by atoms with Gasteiger partial charge in [0.1, 0.15) is 0 Å². The zero-order valence-corrected chi connectivity index (χ0v) is 15.3. The number of hydrogen-bond acceptors (Lipinski definition) is 5. The van der Waals surface area contributed by atoms with Crippen LogP contribution in [-0.2, 0) is 26.1 Å². The average Bonchev–Trinajstić information content (AvgIpc) is 2.83. The molecule has 1 saturated heterocycles. The Labute approximate surface area is 139 Å². The Balaban J connectivity index is 2.27. The van der Waals surface area contributed by atoms with Crippen molar-refractivity contribution in [1.29, 1.82) is 0 Å². The largest absolute Gasteiger partial charge is 0.312 e. The van der Waals surface area contributed by atoms with Crippen LogP contribution in [0.25, 0.3) is 0 Å². The Morgan fingerprint density at radius 3 is 2.35 bits per heavy atom. The van der Waals surface area contributed by atoms with Gasteiger partial charge < -0.3 is 5.32 Å². The predicted octanol–water partition coefficient (Wildman–Crippen LogP) is 1.58. The van der Waals surface area contributed by atoms with E-state index in [4.69, 9.17) is 0 Å². The fourth-order valence-corrected chi connectivity index (χ4v) is 7.58. The molecule has 0 aromatic heterocycles. The summed E-state index contributed by atoms with van der Waals surface area (Å²) in [6, 6.07) is 6.22. The van der Waals surface area contributed by atoms with Gasteiger partial charge in [0.15, 0.2) is 19.7 Å². The molecule has 1 aliphatic heterocycles. The molecule has 0 amide bonds. The van der Waals surface area contributed by atoms with Crippen LogP contribution in [0.2, 0.25) is 0 Å². The molecule has 0 radical (unpaired) electrons. The molecule has 1 aromatic rings. The second-order valence-electron chi connectivity index (χ2n) is 6.07. The molecule has 23 heavy (non-hydrogen) atoms. The smallest absolute Gasteiger partial charge is 0.183 e. The zero-order valence-electron chi connectivity index (χ0n) is 13.7. The minimum atomic E-state index is -3.66. The SMILES string of the molecule is CCCCN[C@H]1CS(=O)(=O)C[C@@H]1S(=O)(=O)c1ccc(CC)cc1. The molecular weight excluding hydrogens is 334 g/mol. The highest BCUT2D eigenvalue weighted by atomic mass is 32.2. The highest BCUT2D eigenvalue weighted by Gasteiger charge is 2.45. The van der Waals surface area contributed by atoms with Crippen LogP contribution in [0.15, 0.2) is 29.2 Å². The number of unbranched alkanes of at least 4 members (excludes halogenated alkanes) is 1. The Bertz CT molecular complexity index is 724. The summed E-state index contributed by atoms with van der Waals surface area (Å²) in [5, 5.41) is 2.22. The van der Waals surface area contributed by atoms with E-state index < -0.39 is 31.0 Å². The maximum Gasteiger partial charge on any atom is 0.183 e. The van der Waals surface area contributed by atoms with Crippen molar-refractivity contribution in [2.75, 3.05) is 18.1 Å². The molecule has 0 aliphatic carbocycles.